The maximum absolute atomic E-state index is 14.8. The predicted octanol–water partition coefficient (Wildman–Crippen LogP) is 5.37. The zero-order valence-corrected chi connectivity index (χ0v) is 20.6. The van der Waals surface area contributed by atoms with Crippen molar-refractivity contribution in [1.82, 2.24) is 4.31 Å². The number of aromatic carboxylic acids is 1. The predicted molar refractivity (Wildman–Crippen MR) is 130 cm³/mol. The molecule has 0 saturated heterocycles. The van der Waals surface area contributed by atoms with Crippen molar-refractivity contribution in [1.29, 1.82) is 0 Å². The number of benzene rings is 3. The number of anilines is 2. The number of para-hydroxylation sites is 1. The summed E-state index contributed by atoms with van der Waals surface area (Å²) < 4.78 is 63.5. The summed E-state index contributed by atoms with van der Waals surface area (Å²) in [6.45, 7) is 3.71. The third-order valence-corrected chi connectivity index (χ3v) is 8.50. The first-order valence-electron chi connectivity index (χ1n) is 11.4. The molecule has 36 heavy (non-hydrogen) atoms. The zero-order valence-electron chi connectivity index (χ0n) is 19.8. The number of sulfonamides is 1. The highest BCUT2D eigenvalue weighted by atomic mass is 32.2. The molecule has 2 heterocycles. The van der Waals surface area contributed by atoms with Gasteiger partial charge in [0.15, 0.2) is 11.6 Å². The molecule has 0 amide bonds. The van der Waals surface area contributed by atoms with Crippen LogP contribution in [-0.4, -0.2) is 37.0 Å². The van der Waals surface area contributed by atoms with E-state index in [4.69, 9.17) is 4.74 Å². The minimum atomic E-state index is -3.99. The van der Waals surface area contributed by atoms with E-state index in [1.165, 1.54) is 17.4 Å². The molecule has 1 atom stereocenters. The van der Waals surface area contributed by atoms with Crippen molar-refractivity contribution in [2.75, 3.05) is 11.9 Å². The van der Waals surface area contributed by atoms with E-state index in [-0.39, 0.29) is 39.9 Å². The SMILES string of the molecule is CC(C)C[C@@H]1N(c2ccccc2)c2cc3c(cc2S(=O)(=O)N1C)-c1cc(C(=O)O)c(F)c(F)c1CO3. The summed E-state index contributed by atoms with van der Waals surface area (Å²) in [5.74, 6) is -3.98. The number of carboxylic acid groups (broad SMARTS) is 1. The Hall–Kier alpha value is -3.50. The molecule has 5 rings (SSSR count). The van der Waals surface area contributed by atoms with Gasteiger partial charge in [0.25, 0.3) is 0 Å². The van der Waals surface area contributed by atoms with E-state index in [2.05, 4.69) is 0 Å². The van der Waals surface area contributed by atoms with Crippen LogP contribution in [-0.2, 0) is 16.6 Å². The fourth-order valence-corrected chi connectivity index (χ4v) is 6.34. The van der Waals surface area contributed by atoms with Crippen LogP contribution in [0.15, 0.2) is 53.4 Å². The van der Waals surface area contributed by atoms with Gasteiger partial charge in [0.2, 0.25) is 10.0 Å². The second-order valence-electron chi connectivity index (χ2n) is 9.33. The Morgan fingerprint density at radius 1 is 1.11 bits per heavy atom. The lowest BCUT2D eigenvalue weighted by Gasteiger charge is -2.44. The first-order chi connectivity index (χ1) is 17.0. The number of carbonyl (C=O) groups is 1. The smallest absolute Gasteiger partial charge is 0.338 e. The van der Waals surface area contributed by atoms with Gasteiger partial charge in [-0.25, -0.2) is 22.0 Å². The molecule has 0 radical (unpaired) electrons. The van der Waals surface area contributed by atoms with Crippen LogP contribution >= 0.6 is 0 Å². The van der Waals surface area contributed by atoms with E-state index in [0.29, 0.717) is 12.1 Å². The number of carboxylic acids is 1. The van der Waals surface area contributed by atoms with Crippen molar-refractivity contribution in [3.8, 4) is 16.9 Å². The van der Waals surface area contributed by atoms with E-state index >= 15 is 0 Å². The van der Waals surface area contributed by atoms with Crippen molar-refractivity contribution in [3.63, 3.8) is 0 Å². The maximum Gasteiger partial charge on any atom is 0.338 e. The Labute approximate surface area is 207 Å². The van der Waals surface area contributed by atoms with Crippen LogP contribution in [0.3, 0.4) is 0 Å². The van der Waals surface area contributed by atoms with Crippen LogP contribution in [0.5, 0.6) is 5.75 Å². The lowest BCUT2D eigenvalue weighted by molar-refractivity contribution is 0.0690. The molecule has 2 aliphatic heterocycles. The van der Waals surface area contributed by atoms with Gasteiger partial charge >= 0.3 is 5.97 Å². The van der Waals surface area contributed by atoms with Crippen molar-refractivity contribution < 1.29 is 31.8 Å². The molecule has 0 bridgehead atoms. The quantitative estimate of drug-likeness (QED) is 0.504. The van der Waals surface area contributed by atoms with Gasteiger partial charge in [0.1, 0.15) is 23.4 Å². The summed E-state index contributed by atoms with van der Waals surface area (Å²) >= 11 is 0. The van der Waals surface area contributed by atoms with Gasteiger partial charge in [-0.2, -0.15) is 4.31 Å². The minimum Gasteiger partial charge on any atom is -0.488 e. The third-order valence-electron chi connectivity index (χ3n) is 6.61. The number of rotatable bonds is 4. The fraction of sp³-hybridized carbons (Fsp3) is 0.269. The summed E-state index contributed by atoms with van der Waals surface area (Å²) in [5, 5.41) is 9.36. The van der Waals surface area contributed by atoms with Crippen LogP contribution in [0.25, 0.3) is 11.1 Å². The fourth-order valence-electron chi connectivity index (χ4n) is 4.84. The first kappa shape index (κ1) is 24.2. The number of nitrogens with zero attached hydrogens (tertiary/aromatic N) is 2. The highest BCUT2D eigenvalue weighted by molar-refractivity contribution is 7.89. The van der Waals surface area contributed by atoms with Crippen LogP contribution in [0.1, 0.15) is 36.2 Å². The van der Waals surface area contributed by atoms with Crippen molar-refractivity contribution >= 4 is 27.4 Å². The molecule has 0 spiro atoms. The van der Waals surface area contributed by atoms with Gasteiger partial charge in [-0.05, 0) is 42.2 Å². The Kier molecular flexibility index (Phi) is 5.76. The van der Waals surface area contributed by atoms with E-state index < -0.39 is 39.4 Å². The van der Waals surface area contributed by atoms with Gasteiger partial charge in [0, 0.05) is 29.9 Å². The number of halogens is 2. The van der Waals surface area contributed by atoms with E-state index in [0.717, 1.165) is 11.8 Å². The second kappa shape index (κ2) is 8.56. The molecule has 3 aromatic carbocycles. The van der Waals surface area contributed by atoms with Crippen molar-refractivity contribution in [2.45, 2.75) is 37.9 Å². The minimum absolute atomic E-state index is 0.0364. The van der Waals surface area contributed by atoms with Crippen LogP contribution in [0, 0.1) is 17.6 Å². The molecule has 0 saturated carbocycles. The average molecular weight is 515 g/mol. The van der Waals surface area contributed by atoms with E-state index in [1.807, 2.05) is 49.1 Å². The maximum atomic E-state index is 14.8. The van der Waals surface area contributed by atoms with Crippen LogP contribution < -0.4 is 9.64 Å². The Balaban J connectivity index is 1.79. The van der Waals surface area contributed by atoms with Crippen molar-refractivity contribution in [2.24, 2.45) is 5.92 Å². The Morgan fingerprint density at radius 2 is 1.81 bits per heavy atom. The normalized spacial score (nSPS) is 18.3. The molecular weight excluding hydrogens is 490 g/mol. The summed E-state index contributed by atoms with van der Waals surface area (Å²) in [7, 11) is -2.47. The highest BCUT2D eigenvalue weighted by Gasteiger charge is 2.43. The lowest BCUT2D eigenvalue weighted by Crippen LogP contribution is -2.51. The van der Waals surface area contributed by atoms with Crippen LogP contribution in [0.4, 0.5) is 20.2 Å². The average Bonchev–Trinajstić information content (AvgIpc) is 2.84. The largest absolute Gasteiger partial charge is 0.488 e. The molecular formula is C26H24F2N2O5S. The second-order valence-corrected chi connectivity index (χ2v) is 11.3. The molecule has 2 aliphatic rings. The summed E-state index contributed by atoms with van der Waals surface area (Å²) in [6, 6.07) is 13.3. The third kappa shape index (κ3) is 3.63. The van der Waals surface area contributed by atoms with Gasteiger partial charge in [-0.15, -0.1) is 0 Å². The number of ether oxygens (including phenoxy) is 1. The van der Waals surface area contributed by atoms with E-state index in [9.17, 15) is 27.1 Å². The lowest BCUT2D eigenvalue weighted by atomic mass is 9.93. The molecule has 188 valence electrons. The van der Waals surface area contributed by atoms with Crippen molar-refractivity contribution in [3.05, 3.63) is 71.3 Å². The van der Waals surface area contributed by atoms with Gasteiger partial charge < -0.3 is 14.7 Å². The molecule has 0 aliphatic carbocycles. The summed E-state index contributed by atoms with van der Waals surface area (Å²) in [5.41, 5.74) is 0.452. The van der Waals surface area contributed by atoms with Gasteiger partial charge in [-0.3, -0.25) is 0 Å². The number of hydrogen-bond acceptors (Lipinski definition) is 5. The monoisotopic (exact) mass is 514 g/mol. The van der Waals surface area contributed by atoms with E-state index in [1.54, 1.807) is 6.07 Å². The highest BCUT2D eigenvalue weighted by Crippen LogP contribution is 2.49. The van der Waals surface area contributed by atoms with Crippen LogP contribution in [0.2, 0.25) is 0 Å². The zero-order chi connectivity index (χ0) is 25.9. The molecule has 7 nitrogen and oxygen atoms in total. The topological polar surface area (TPSA) is 87.2 Å². The standard InChI is InChI=1S/C26H24F2N2O5S/c1-14(2)9-23-29(3)36(33,34)22-11-17-16-10-18(26(31)32)24(27)25(28)19(16)13-35-21(17)12-20(22)30(23)15-7-5-4-6-8-15/h4-8,10-12,14,23H,9,13H2,1-3H3,(H,31,32)/t23-/m0/s1. The molecule has 0 unspecified atom stereocenters. The molecule has 0 aromatic heterocycles. The molecule has 10 heteroatoms. The Morgan fingerprint density at radius 3 is 2.44 bits per heavy atom. The summed E-state index contributed by atoms with van der Waals surface area (Å²) in [6.07, 6.45) is 0.0427. The molecule has 0 fully saturated rings. The summed E-state index contributed by atoms with van der Waals surface area (Å²) in [4.78, 5) is 13.4. The molecule has 1 N–H and O–H groups in total. The van der Waals surface area contributed by atoms with Gasteiger partial charge in [-0.1, -0.05) is 32.0 Å². The van der Waals surface area contributed by atoms with Gasteiger partial charge in [0.05, 0.1) is 11.3 Å². The first-order valence-corrected chi connectivity index (χ1v) is 12.8. The number of hydrogen-bond donors (Lipinski definition) is 1. The molecule has 3 aromatic rings. The number of fused-ring (bicyclic) bond motifs is 4. The Bertz CT molecular complexity index is 1490.